The Bertz CT molecular complexity index is 563. The Balaban J connectivity index is 2.00. The van der Waals surface area contributed by atoms with Crippen LogP contribution >= 0.6 is 0 Å². The Hall–Kier alpha value is -1.81. The van der Waals surface area contributed by atoms with Crippen LogP contribution in [0.4, 0.5) is 4.39 Å². The van der Waals surface area contributed by atoms with Crippen molar-refractivity contribution in [2.75, 3.05) is 0 Å². The molecule has 0 spiro atoms. The van der Waals surface area contributed by atoms with Gasteiger partial charge in [-0.15, -0.1) is 0 Å². The molecule has 2 aromatic rings. The molecule has 0 unspecified atom stereocenters. The molecule has 3 nitrogen and oxygen atoms in total. The van der Waals surface area contributed by atoms with Gasteiger partial charge in [-0.2, -0.15) is 0 Å². The summed E-state index contributed by atoms with van der Waals surface area (Å²) in [5, 5.41) is 3.32. The molecule has 1 aromatic heterocycles. The largest absolute Gasteiger partial charge is 0.483 e. The zero-order valence-corrected chi connectivity index (χ0v) is 12.1. The van der Waals surface area contributed by atoms with Crippen molar-refractivity contribution >= 4 is 0 Å². The summed E-state index contributed by atoms with van der Waals surface area (Å²) in [6.45, 7) is 6.81. The lowest BCUT2D eigenvalue weighted by molar-refractivity contribution is 0.256. The van der Waals surface area contributed by atoms with Crippen LogP contribution in [0.3, 0.4) is 0 Å². The third kappa shape index (κ3) is 3.61. The number of hydrogen-bond acceptors (Lipinski definition) is 3. The first kappa shape index (κ1) is 14.6. The van der Waals surface area contributed by atoms with E-state index in [0.717, 1.165) is 11.3 Å². The second kappa shape index (κ2) is 6.57. The monoisotopic (exact) mass is 277 g/mol. The molecule has 0 aliphatic rings. The SMILES string of the molecule is Cc1cccc(OCc2occc2CNC(C)C)c1F. The van der Waals surface area contributed by atoms with Gasteiger partial charge in [0.05, 0.1) is 6.26 Å². The van der Waals surface area contributed by atoms with Crippen LogP contribution in [-0.2, 0) is 13.2 Å². The number of halogens is 1. The van der Waals surface area contributed by atoms with Crippen molar-refractivity contribution in [3.05, 3.63) is 53.2 Å². The van der Waals surface area contributed by atoms with E-state index in [0.29, 0.717) is 18.2 Å². The highest BCUT2D eigenvalue weighted by molar-refractivity contribution is 5.30. The summed E-state index contributed by atoms with van der Waals surface area (Å²) in [5.74, 6) is 0.657. The van der Waals surface area contributed by atoms with E-state index in [1.807, 2.05) is 6.07 Å². The van der Waals surface area contributed by atoms with Gasteiger partial charge in [-0.3, -0.25) is 0 Å². The van der Waals surface area contributed by atoms with Crippen molar-refractivity contribution in [3.8, 4) is 5.75 Å². The highest BCUT2D eigenvalue weighted by Gasteiger charge is 2.10. The van der Waals surface area contributed by atoms with Gasteiger partial charge in [0, 0.05) is 18.2 Å². The minimum absolute atomic E-state index is 0.225. The third-order valence-corrected chi connectivity index (χ3v) is 3.05. The Morgan fingerprint density at radius 2 is 2.10 bits per heavy atom. The lowest BCUT2D eigenvalue weighted by Crippen LogP contribution is -2.22. The molecular weight excluding hydrogens is 257 g/mol. The van der Waals surface area contributed by atoms with Crippen molar-refractivity contribution in [3.63, 3.8) is 0 Å². The van der Waals surface area contributed by atoms with E-state index in [1.165, 1.54) is 0 Å². The summed E-state index contributed by atoms with van der Waals surface area (Å²) in [4.78, 5) is 0. The number of furan rings is 1. The molecule has 20 heavy (non-hydrogen) atoms. The molecule has 1 heterocycles. The van der Waals surface area contributed by atoms with E-state index >= 15 is 0 Å². The van der Waals surface area contributed by atoms with Crippen LogP contribution in [0.5, 0.6) is 5.75 Å². The summed E-state index contributed by atoms with van der Waals surface area (Å²) >= 11 is 0. The van der Waals surface area contributed by atoms with Gasteiger partial charge in [-0.1, -0.05) is 26.0 Å². The predicted molar refractivity (Wildman–Crippen MR) is 76.2 cm³/mol. The molecule has 4 heteroatoms. The molecule has 0 radical (unpaired) electrons. The predicted octanol–water partition coefficient (Wildman–Crippen LogP) is 3.80. The van der Waals surface area contributed by atoms with Crippen molar-refractivity contribution in [2.45, 2.75) is 40.0 Å². The van der Waals surface area contributed by atoms with Gasteiger partial charge in [0.25, 0.3) is 0 Å². The standard InChI is InChI=1S/C16H20FNO2/c1-11(2)18-9-13-7-8-19-15(13)10-20-14-6-4-5-12(3)16(14)17/h4-8,11,18H,9-10H2,1-3H3. The lowest BCUT2D eigenvalue weighted by atomic mass is 10.2. The van der Waals surface area contributed by atoms with Crippen LogP contribution < -0.4 is 10.1 Å². The highest BCUT2D eigenvalue weighted by atomic mass is 19.1. The van der Waals surface area contributed by atoms with Gasteiger partial charge < -0.3 is 14.5 Å². The molecule has 1 N–H and O–H groups in total. The zero-order valence-electron chi connectivity index (χ0n) is 12.1. The van der Waals surface area contributed by atoms with Gasteiger partial charge in [0.2, 0.25) is 0 Å². The summed E-state index contributed by atoms with van der Waals surface area (Å²) in [7, 11) is 0. The number of aryl methyl sites for hydroxylation is 1. The number of rotatable bonds is 6. The zero-order chi connectivity index (χ0) is 14.5. The molecule has 0 fully saturated rings. The number of hydrogen-bond donors (Lipinski definition) is 1. The normalized spacial score (nSPS) is 11.1. The van der Waals surface area contributed by atoms with Crippen molar-refractivity contribution in [1.29, 1.82) is 0 Å². The fraction of sp³-hybridized carbons (Fsp3) is 0.375. The molecule has 0 aliphatic heterocycles. The van der Waals surface area contributed by atoms with Crippen LogP contribution in [0, 0.1) is 12.7 Å². The Kier molecular flexibility index (Phi) is 4.79. The fourth-order valence-corrected chi connectivity index (χ4v) is 1.84. The highest BCUT2D eigenvalue weighted by Crippen LogP contribution is 2.21. The molecule has 1 aromatic carbocycles. The Labute approximate surface area is 118 Å². The average Bonchev–Trinajstić information content (AvgIpc) is 2.85. The molecule has 0 bridgehead atoms. The van der Waals surface area contributed by atoms with E-state index < -0.39 is 0 Å². The summed E-state index contributed by atoms with van der Waals surface area (Å²) in [6, 6.07) is 7.41. The molecule has 0 saturated carbocycles. The third-order valence-electron chi connectivity index (χ3n) is 3.05. The van der Waals surface area contributed by atoms with Gasteiger partial charge in [0.1, 0.15) is 12.4 Å². The van der Waals surface area contributed by atoms with E-state index in [2.05, 4.69) is 19.2 Å². The first-order valence-electron chi connectivity index (χ1n) is 6.74. The Morgan fingerprint density at radius 1 is 1.30 bits per heavy atom. The van der Waals surface area contributed by atoms with Crippen LogP contribution in [0.1, 0.15) is 30.7 Å². The van der Waals surface area contributed by atoms with Crippen LogP contribution in [-0.4, -0.2) is 6.04 Å². The molecule has 2 rings (SSSR count). The molecule has 108 valence electrons. The summed E-state index contributed by atoms with van der Waals surface area (Å²) < 4.78 is 24.7. The van der Waals surface area contributed by atoms with E-state index in [9.17, 15) is 4.39 Å². The second-order valence-electron chi connectivity index (χ2n) is 5.08. The minimum Gasteiger partial charge on any atom is -0.483 e. The molecule has 0 aliphatic carbocycles. The smallest absolute Gasteiger partial charge is 0.167 e. The molecule has 0 saturated heterocycles. The van der Waals surface area contributed by atoms with Crippen LogP contribution in [0.25, 0.3) is 0 Å². The van der Waals surface area contributed by atoms with Crippen molar-refractivity contribution in [1.82, 2.24) is 5.32 Å². The van der Waals surface area contributed by atoms with Crippen LogP contribution in [0.15, 0.2) is 34.9 Å². The van der Waals surface area contributed by atoms with E-state index in [4.69, 9.17) is 9.15 Å². The quantitative estimate of drug-likeness (QED) is 0.872. The van der Waals surface area contributed by atoms with Gasteiger partial charge in [-0.05, 0) is 24.6 Å². The summed E-state index contributed by atoms with van der Waals surface area (Å²) in [5.41, 5.74) is 1.61. The topological polar surface area (TPSA) is 34.4 Å². The van der Waals surface area contributed by atoms with Gasteiger partial charge >= 0.3 is 0 Å². The first-order chi connectivity index (χ1) is 9.58. The average molecular weight is 277 g/mol. The fourth-order valence-electron chi connectivity index (χ4n) is 1.84. The maximum absolute atomic E-state index is 13.8. The maximum atomic E-state index is 13.8. The van der Waals surface area contributed by atoms with Crippen molar-refractivity contribution < 1.29 is 13.5 Å². The van der Waals surface area contributed by atoms with E-state index in [1.54, 1.807) is 31.4 Å². The maximum Gasteiger partial charge on any atom is 0.167 e. The molecular formula is C16H20FNO2. The van der Waals surface area contributed by atoms with Crippen LogP contribution in [0.2, 0.25) is 0 Å². The van der Waals surface area contributed by atoms with Gasteiger partial charge in [0.15, 0.2) is 11.6 Å². The van der Waals surface area contributed by atoms with E-state index in [-0.39, 0.29) is 18.2 Å². The Morgan fingerprint density at radius 3 is 2.85 bits per heavy atom. The lowest BCUT2D eigenvalue weighted by Gasteiger charge is -2.10. The number of nitrogens with one attached hydrogen (secondary N) is 1. The number of ether oxygens (including phenoxy) is 1. The summed E-state index contributed by atoms with van der Waals surface area (Å²) in [6.07, 6.45) is 1.63. The van der Waals surface area contributed by atoms with Crippen molar-refractivity contribution in [2.24, 2.45) is 0 Å². The second-order valence-corrected chi connectivity index (χ2v) is 5.08. The van der Waals surface area contributed by atoms with Gasteiger partial charge in [-0.25, -0.2) is 4.39 Å². The molecule has 0 atom stereocenters. The minimum atomic E-state index is -0.319. The first-order valence-corrected chi connectivity index (χ1v) is 6.74. The number of benzene rings is 1. The molecule has 0 amide bonds.